The van der Waals surface area contributed by atoms with Crippen molar-refractivity contribution in [3.63, 3.8) is 0 Å². The Labute approximate surface area is 103 Å². The van der Waals surface area contributed by atoms with E-state index in [4.69, 9.17) is 16.7 Å². The molecule has 7 heteroatoms. The predicted octanol–water partition coefficient (Wildman–Crippen LogP) is 1.61. The van der Waals surface area contributed by atoms with E-state index in [-0.39, 0.29) is 6.61 Å². The number of halogens is 1. The van der Waals surface area contributed by atoms with Gasteiger partial charge in [0, 0.05) is 22.2 Å². The number of nitrogens with two attached hydrogens (primary N) is 1. The standard InChI is InChI=1S/C10H9ClN2O3S/c11-9-4-3-7-2-1-5-13-10(7)8(9)6-16-17(12,14)15/h1-5H,6H2,(H2,12,14,15). The van der Waals surface area contributed by atoms with E-state index in [0.29, 0.717) is 16.1 Å². The normalized spacial score (nSPS) is 11.9. The molecule has 0 unspecified atom stereocenters. The molecule has 0 bridgehead atoms. The van der Waals surface area contributed by atoms with Crippen molar-refractivity contribution in [1.82, 2.24) is 4.98 Å². The van der Waals surface area contributed by atoms with E-state index < -0.39 is 10.3 Å². The second-order valence-corrected chi connectivity index (χ2v) is 4.98. The summed E-state index contributed by atoms with van der Waals surface area (Å²) in [6, 6.07) is 7.08. The number of fused-ring (bicyclic) bond motifs is 1. The average molecular weight is 273 g/mol. The maximum atomic E-state index is 10.7. The summed E-state index contributed by atoms with van der Waals surface area (Å²) in [5, 5.41) is 6.00. The van der Waals surface area contributed by atoms with E-state index >= 15 is 0 Å². The van der Waals surface area contributed by atoms with Gasteiger partial charge in [-0.25, -0.2) is 5.14 Å². The van der Waals surface area contributed by atoms with Crippen molar-refractivity contribution in [3.8, 4) is 0 Å². The van der Waals surface area contributed by atoms with Gasteiger partial charge in [-0.15, -0.1) is 0 Å². The molecular weight excluding hydrogens is 264 g/mol. The van der Waals surface area contributed by atoms with E-state index in [2.05, 4.69) is 9.17 Å². The summed E-state index contributed by atoms with van der Waals surface area (Å²) in [6.45, 7) is -0.230. The van der Waals surface area contributed by atoms with Gasteiger partial charge in [-0.2, -0.15) is 8.42 Å². The third-order valence-corrected chi connectivity index (χ3v) is 2.99. The molecule has 17 heavy (non-hydrogen) atoms. The topological polar surface area (TPSA) is 82.3 Å². The van der Waals surface area contributed by atoms with Gasteiger partial charge in [0.2, 0.25) is 0 Å². The molecule has 0 saturated carbocycles. The van der Waals surface area contributed by atoms with Crippen molar-refractivity contribution < 1.29 is 12.6 Å². The summed E-state index contributed by atoms with van der Waals surface area (Å²) in [5.41, 5.74) is 1.10. The highest BCUT2D eigenvalue weighted by molar-refractivity contribution is 7.84. The van der Waals surface area contributed by atoms with Crippen LogP contribution in [-0.2, 0) is 21.1 Å². The minimum Gasteiger partial charge on any atom is -0.256 e. The molecule has 0 saturated heterocycles. The van der Waals surface area contributed by atoms with Crippen molar-refractivity contribution in [2.24, 2.45) is 5.14 Å². The molecule has 0 aliphatic carbocycles. The molecule has 0 fully saturated rings. The Balaban J connectivity index is 2.48. The summed E-state index contributed by atoms with van der Waals surface area (Å²) in [5.74, 6) is 0. The summed E-state index contributed by atoms with van der Waals surface area (Å²) in [4.78, 5) is 4.14. The maximum absolute atomic E-state index is 10.7. The Bertz CT molecular complexity index is 658. The lowest BCUT2D eigenvalue weighted by Crippen LogP contribution is -2.15. The summed E-state index contributed by atoms with van der Waals surface area (Å²) in [7, 11) is -3.99. The Kier molecular flexibility index (Phi) is 3.30. The molecule has 0 atom stereocenters. The molecule has 0 aliphatic rings. The summed E-state index contributed by atoms with van der Waals surface area (Å²) >= 11 is 5.98. The van der Waals surface area contributed by atoms with Gasteiger partial charge in [-0.3, -0.25) is 9.17 Å². The number of hydrogen-bond donors (Lipinski definition) is 1. The second-order valence-electron chi connectivity index (χ2n) is 3.36. The molecule has 1 aromatic heterocycles. The van der Waals surface area contributed by atoms with Crippen LogP contribution in [-0.4, -0.2) is 13.4 Å². The van der Waals surface area contributed by atoms with E-state index in [1.54, 1.807) is 24.4 Å². The number of nitrogens with zero attached hydrogens (tertiary/aromatic N) is 1. The highest BCUT2D eigenvalue weighted by atomic mass is 35.5. The first-order valence-electron chi connectivity index (χ1n) is 4.66. The maximum Gasteiger partial charge on any atom is 0.333 e. The van der Waals surface area contributed by atoms with E-state index in [0.717, 1.165) is 5.39 Å². The zero-order chi connectivity index (χ0) is 12.5. The van der Waals surface area contributed by atoms with Crippen LogP contribution in [0.4, 0.5) is 0 Å². The van der Waals surface area contributed by atoms with Gasteiger partial charge in [0.15, 0.2) is 0 Å². The van der Waals surface area contributed by atoms with Gasteiger partial charge >= 0.3 is 10.3 Å². The van der Waals surface area contributed by atoms with Crippen LogP contribution in [0.25, 0.3) is 10.9 Å². The van der Waals surface area contributed by atoms with Crippen molar-refractivity contribution in [2.45, 2.75) is 6.61 Å². The van der Waals surface area contributed by atoms with Gasteiger partial charge in [0.1, 0.15) is 0 Å². The molecule has 0 aliphatic heterocycles. The van der Waals surface area contributed by atoms with E-state index in [1.807, 2.05) is 6.07 Å². The average Bonchev–Trinajstić information content (AvgIpc) is 2.26. The lowest BCUT2D eigenvalue weighted by Gasteiger charge is -2.07. The van der Waals surface area contributed by atoms with Gasteiger partial charge in [0.05, 0.1) is 12.1 Å². The largest absolute Gasteiger partial charge is 0.333 e. The number of aromatic nitrogens is 1. The fraction of sp³-hybridized carbons (Fsp3) is 0.100. The lowest BCUT2D eigenvalue weighted by atomic mass is 10.1. The highest BCUT2D eigenvalue weighted by Crippen LogP contribution is 2.25. The van der Waals surface area contributed by atoms with Crippen LogP contribution in [0.5, 0.6) is 0 Å². The van der Waals surface area contributed by atoms with Gasteiger partial charge in [0.25, 0.3) is 0 Å². The first-order valence-corrected chi connectivity index (χ1v) is 6.51. The lowest BCUT2D eigenvalue weighted by molar-refractivity contribution is 0.310. The van der Waals surface area contributed by atoms with Crippen LogP contribution in [0.15, 0.2) is 30.5 Å². The quantitative estimate of drug-likeness (QED) is 0.920. The number of hydrogen-bond acceptors (Lipinski definition) is 4. The van der Waals surface area contributed by atoms with Gasteiger partial charge in [-0.1, -0.05) is 23.7 Å². The Morgan fingerprint density at radius 2 is 2.12 bits per heavy atom. The van der Waals surface area contributed by atoms with Crippen LogP contribution in [0.3, 0.4) is 0 Å². The van der Waals surface area contributed by atoms with Crippen molar-refractivity contribution in [2.75, 3.05) is 0 Å². The molecule has 5 nitrogen and oxygen atoms in total. The predicted molar refractivity (Wildman–Crippen MR) is 64.6 cm³/mol. The molecular formula is C10H9ClN2O3S. The number of pyridine rings is 1. The van der Waals surface area contributed by atoms with Crippen molar-refractivity contribution in [1.29, 1.82) is 0 Å². The van der Waals surface area contributed by atoms with Gasteiger partial charge in [-0.05, 0) is 12.1 Å². The zero-order valence-corrected chi connectivity index (χ0v) is 10.2. The summed E-state index contributed by atoms with van der Waals surface area (Å²) in [6.07, 6.45) is 1.60. The number of rotatable bonds is 3. The van der Waals surface area contributed by atoms with Gasteiger partial charge < -0.3 is 0 Å². The van der Waals surface area contributed by atoms with Crippen LogP contribution in [0.1, 0.15) is 5.56 Å². The molecule has 0 amide bonds. The van der Waals surface area contributed by atoms with Crippen LogP contribution >= 0.6 is 11.6 Å². The fourth-order valence-electron chi connectivity index (χ4n) is 1.46. The van der Waals surface area contributed by atoms with Crippen molar-refractivity contribution >= 4 is 32.8 Å². The molecule has 2 N–H and O–H groups in total. The third-order valence-electron chi connectivity index (χ3n) is 2.19. The van der Waals surface area contributed by atoms with E-state index in [9.17, 15) is 8.42 Å². The Morgan fingerprint density at radius 3 is 2.82 bits per heavy atom. The Hall–Kier alpha value is -1.21. The van der Waals surface area contributed by atoms with E-state index in [1.165, 1.54) is 0 Å². The van der Waals surface area contributed by atoms with Crippen LogP contribution < -0.4 is 5.14 Å². The Morgan fingerprint density at radius 1 is 1.35 bits per heavy atom. The first-order chi connectivity index (χ1) is 7.97. The molecule has 2 rings (SSSR count). The zero-order valence-electron chi connectivity index (χ0n) is 8.63. The number of benzene rings is 1. The second kappa shape index (κ2) is 4.58. The fourth-order valence-corrected chi connectivity index (χ4v) is 1.95. The van der Waals surface area contributed by atoms with Crippen LogP contribution in [0, 0.1) is 0 Å². The summed E-state index contributed by atoms with van der Waals surface area (Å²) < 4.78 is 26.0. The van der Waals surface area contributed by atoms with Crippen molar-refractivity contribution in [3.05, 3.63) is 41.0 Å². The third kappa shape index (κ3) is 2.92. The highest BCUT2D eigenvalue weighted by Gasteiger charge is 2.10. The molecule has 1 aromatic carbocycles. The minimum atomic E-state index is -3.99. The molecule has 1 heterocycles. The minimum absolute atomic E-state index is 0.230. The SMILES string of the molecule is NS(=O)(=O)OCc1c(Cl)ccc2cccnc12. The smallest absolute Gasteiger partial charge is 0.256 e. The monoisotopic (exact) mass is 272 g/mol. The van der Waals surface area contributed by atoms with Crippen LogP contribution in [0.2, 0.25) is 5.02 Å². The molecule has 2 aromatic rings. The molecule has 90 valence electrons. The first kappa shape index (κ1) is 12.3. The molecule has 0 spiro atoms. The molecule has 0 radical (unpaired) electrons.